The highest BCUT2D eigenvalue weighted by molar-refractivity contribution is 5.33. The van der Waals surface area contributed by atoms with Crippen LogP contribution in [-0.4, -0.2) is 22.1 Å². The summed E-state index contributed by atoms with van der Waals surface area (Å²) in [6.45, 7) is 0. The van der Waals surface area contributed by atoms with Gasteiger partial charge in [0.25, 0.3) is 0 Å². The van der Waals surface area contributed by atoms with Crippen molar-refractivity contribution < 1.29 is 62.6 Å². The lowest BCUT2D eigenvalue weighted by atomic mass is 10.6. The highest BCUT2D eigenvalue weighted by Gasteiger charge is 1.66. The fourth-order valence-corrected chi connectivity index (χ4v) is 0.265. The summed E-state index contributed by atoms with van der Waals surface area (Å²) in [5.41, 5.74) is 0. The van der Waals surface area contributed by atoms with Crippen molar-refractivity contribution in [1.29, 1.82) is 0 Å². The van der Waals surface area contributed by atoms with Crippen molar-refractivity contribution in [3.63, 3.8) is 0 Å². The van der Waals surface area contributed by atoms with Crippen LogP contribution in [0.2, 0.25) is 0 Å². The first kappa shape index (κ1) is 26.7. The lowest BCUT2D eigenvalue weighted by Gasteiger charge is -1.77. The van der Waals surface area contributed by atoms with E-state index < -0.39 is 0 Å². The van der Waals surface area contributed by atoms with Crippen LogP contribution in [0.5, 0.6) is 0 Å². The van der Waals surface area contributed by atoms with Gasteiger partial charge in [-0.1, -0.05) is 0 Å². The van der Waals surface area contributed by atoms with Crippen molar-refractivity contribution >= 4 is 6.15 Å². The Balaban J connectivity index is -0.00000000955. The Morgan fingerprint density at radius 2 is 1.05 bits per heavy atom. The van der Waals surface area contributed by atoms with E-state index in [1.165, 1.54) is 0 Å². The maximum absolute atomic E-state index is 8.12. The Bertz CT molecular complexity index is 601. The number of carbonyl (C=O) groups excluding carboxylic acids is 2. The van der Waals surface area contributed by atoms with Gasteiger partial charge in [-0.15, -0.1) is 12.8 Å². The molecule has 0 saturated heterocycles. The predicted octanol–water partition coefficient (Wildman–Crippen LogP) is 1.55. The molecule has 0 aliphatic heterocycles. The van der Waals surface area contributed by atoms with Gasteiger partial charge in [-0.25, -0.2) is 10.5 Å². The van der Waals surface area contributed by atoms with Crippen molar-refractivity contribution in [2.24, 2.45) is 0 Å². The first-order valence-electron chi connectivity index (χ1n) is 4.09. The summed E-state index contributed by atoms with van der Waals surface area (Å²) in [6.07, 6.45) is 13.3. The summed E-state index contributed by atoms with van der Waals surface area (Å²) in [5, 5.41) is 21.4. The third-order valence-electron chi connectivity index (χ3n) is 0.654. The van der Waals surface area contributed by atoms with Crippen molar-refractivity contribution in [2.75, 3.05) is 0 Å². The zero-order valence-electron chi connectivity index (χ0n) is 10.5. The third-order valence-corrected chi connectivity index (χ3v) is 0.654. The Labute approximate surface area is 143 Å². The molecule has 0 fully saturated rings. The highest BCUT2D eigenvalue weighted by Crippen LogP contribution is 1.65. The minimum absolute atomic E-state index is 0. The average molecular weight is 330 g/mol. The Kier molecular flexibility index (Phi) is 43.6. The molecule has 0 radical (unpaired) electrons. The fraction of sp³-hybridized carbons (Fsp3) is 0. The van der Waals surface area contributed by atoms with E-state index in [2.05, 4.69) is 67.2 Å². The standard InChI is InChI=1S/C6H2O6.C6H2.CO2.H2O.12H2/c7-11-9-5-3-1-2-4-6-10-12-8;1-3-5-6-4-2;2-1-3;;;;;;;;;;;;;/h7-8H;1-2H;;1H2;12*1H. The fourth-order valence-electron chi connectivity index (χ4n) is 0.265. The molecule has 0 rings (SSSR count). The largest absolute Gasteiger partial charge is 0.412 e. The predicted molar refractivity (Wildman–Crippen MR) is 92.4 cm³/mol. The van der Waals surface area contributed by atoms with E-state index in [4.69, 9.17) is 33.0 Å². The molecule has 0 aliphatic carbocycles. The molecule has 0 amide bonds. The van der Waals surface area contributed by atoms with Gasteiger partial charge in [0, 0.05) is 40.8 Å². The van der Waals surface area contributed by atoms with Gasteiger partial charge in [0.15, 0.2) is 12.2 Å². The van der Waals surface area contributed by atoms with Gasteiger partial charge in [0.2, 0.25) is 0 Å². The molecule has 4 N–H and O–H groups in total. The summed E-state index contributed by atoms with van der Waals surface area (Å²) < 4.78 is 0. The Hall–Kier alpha value is -3.86. The quantitative estimate of drug-likeness (QED) is 0.441. The van der Waals surface area contributed by atoms with Crippen LogP contribution in [-0.2, 0) is 29.4 Å². The summed E-state index contributed by atoms with van der Waals surface area (Å²) in [7, 11) is 0. The van der Waals surface area contributed by atoms with Crippen molar-refractivity contribution in [2.45, 2.75) is 0 Å². The first-order valence-corrected chi connectivity index (χ1v) is 4.09. The van der Waals surface area contributed by atoms with Gasteiger partial charge < -0.3 is 5.48 Å². The van der Waals surface area contributed by atoms with E-state index in [0.29, 0.717) is 0 Å². The van der Waals surface area contributed by atoms with Crippen LogP contribution in [0.15, 0.2) is 0 Å². The molecule has 0 atom stereocenters. The normalized spacial score (nSPS) is 4.36. The zero-order valence-corrected chi connectivity index (χ0v) is 10.5. The summed E-state index contributed by atoms with van der Waals surface area (Å²) in [5.74, 6) is 17.1. The van der Waals surface area contributed by atoms with E-state index in [0.717, 1.165) is 0 Å². The second kappa shape index (κ2) is 36.0. The minimum atomic E-state index is 0. The summed E-state index contributed by atoms with van der Waals surface area (Å²) >= 11 is 0. The van der Waals surface area contributed by atoms with Crippen LogP contribution in [0.3, 0.4) is 0 Å². The minimum Gasteiger partial charge on any atom is -0.412 e. The second-order valence-corrected chi connectivity index (χ2v) is 1.64. The van der Waals surface area contributed by atoms with Gasteiger partial charge in [-0.05, 0) is 33.8 Å². The topological polar surface area (TPSA) is 143 Å². The molecule has 0 spiro atoms. The number of rotatable bonds is 2. The molecule has 0 aromatic carbocycles. The molecule has 0 bridgehead atoms. The van der Waals surface area contributed by atoms with E-state index in [1.54, 1.807) is 0 Å². The van der Waals surface area contributed by atoms with Crippen molar-refractivity contribution in [3.05, 3.63) is 0 Å². The van der Waals surface area contributed by atoms with E-state index in [-0.39, 0.29) is 28.7 Å². The molecule has 9 heteroatoms. The van der Waals surface area contributed by atoms with Crippen molar-refractivity contribution in [3.8, 4) is 72.4 Å². The second-order valence-electron chi connectivity index (χ2n) is 1.64. The molecule has 0 aliphatic rings. The monoisotopic (exact) mass is 330 g/mol. The Morgan fingerprint density at radius 3 is 1.27 bits per heavy atom. The molecule has 0 unspecified atom stereocenters. The third kappa shape index (κ3) is 55.8. The molecule has 22 heavy (non-hydrogen) atoms. The van der Waals surface area contributed by atoms with E-state index in [9.17, 15) is 0 Å². The number of terminal acetylenes is 2. The van der Waals surface area contributed by atoms with Crippen LogP contribution in [0.4, 0.5) is 0 Å². The summed E-state index contributed by atoms with van der Waals surface area (Å²) in [4.78, 5) is 23.7. The molecule has 0 heterocycles. The SMILES string of the molecule is C#CC#CC#C.O.O=C=O.OOOC#CC#CC#COOO.[HH].[HH].[HH].[HH].[HH].[HH].[HH].[HH].[HH].[HH].[HH].[HH]. The number of hydrogen-bond acceptors (Lipinski definition) is 8. The maximum Gasteiger partial charge on any atom is 0.373 e. The van der Waals surface area contributed by atoms with Crippen LogP contribution >= 0.6 is 0 Å². The van der Waals surface area contributed by atoms with Crippen LogP contribution in [0.25, 0.3) is 0 Å². The molecule has 0 saturated carbocycles. The van der Waals surface area contributed by atoms with Gasteiger partial charge in [0.1, 0.15) is 0 Å². The van der Waals surface area contributed by atoms with Crippen LogP contribution in [0, 0.1) is 72.4 Å². The maximum atomic E-state index is 8.12. The molecule has 0 aromatic rings. The molecule has 9 nitrogen and oxygen atoms in total. The first-order chi connectivity index (χ1) is 10.2. The zero-order chi connectivity index (χ0) is 16.6. The Morgan fingerprint density at radius 1 is 0.727 bits per heavy atom. The van der Waals surface area contributed by atoms with E-state index in [1.807, 2.05) is 12.2 Å². The molecule has 0 aromatic heterocycles. The molecular formula is C13H30O9. The van der Waals surface area contributed by atoms with Crippen LogP contribution < -0.4 is 0 Å². The average Bonchev–Trinajstić information content (AvgIpc) is 2.49. The lowest BCUT2D eigenvalue weighted by Crippen LogP contribution is -1.76. The molecular weight excluding hydrogens is 300 g/mol. The van der Waals surface area contributed by atoms with Gasteiger partial charge in [-0.2, -0.15) is 9.59 Å². The lowest BCUT2D eigenvalue weighted by molar-refractivity contribution is -0.458. The van der Waals surface area contributed by atoms with Gasteiger partial charge in [0.05, 0.1) is 0 Å². The summed E-state index contributed by atoms with van der Waals surface area (Å²) in [6, 6.07) is 0. The number of hydrogen-bond donors (Lipinski definition) is 2. The van der Waals surface area contributed by atoms with Gasteiger partial charge in [-0.3, -0.25) is 9.78 Å². The molecule has 136 valence electrons. The van der Waals surface area contributed by atoms with Crippen molar-refractivity contribution in [1.82, 2.24) is 0 Å². The smallest absolute Gasteiger partial charge is 0.373 e. The highest BCUT2D eigenvalue weighted by atomic mass is 17.5. The van der Waals surface area contributed by atoms with Gasteiger partial charge >= 0.3 is 6.15 Å². The van der Waals surface area contributed by atoms with Crippen LogP contribution in [0.1, 0.15) is 17.1 Å². The van der Waals surface area contributed by atoms with E-state index >= 15 is 0 Å².